The van der Waals surface area contributed by atoms with Crippen molar-refractivity contribution >= 4 is 15.7 Å². The van der Waals surface area contributed by atoms with Crippen molar-refractivity contribution in [3.8, 4) is 0 Å². The van der Waals surface area contributed by atoms with E-state index in [1.54, 1.807) is 19.1 Å². The molecule has 0 amide bonds. The van der Waals surface area contributed by atoms with Gasteiger partial charge in [-0.15, -0.1) is 0 Å². The number of para-hydroxylation sites is 1. The summed E-state index contributed by atoms with van der Waals surface area (Å²) in [6.07, 6.45) is 2.00. The molecular weight excluding hydrogens is 274 g/mol. The van der Waals surface area contributed by atoms with Crippen LogP contribution >= 0.6 is 0 Å². The van der Waals surface area contributed by atoms with E-state index in [0.717, 1.165) is 19.4 Å². The van der Waals surface area contributed by atoms with Gasteiger partial charge in [0.2, 0.25) is 10.0 Å². The van der Waals surface area contributed by atoms with Gasteiger partial charge >= 0.3 is 0 Å². The van der Waals surface area contributed by atoms with Crippen molar-refractivity contribution in [2.75, 3.05) is 18.4 Å². The van der Waals surface area contributed by atoms with Gasteiger partial charge in [0.1, 0.15) is 4.90 Å². The van der Waals surface area contributed by atoms with Crippen LogP contribution < -0.4 is 15.4 Å². The first-order valence-corrected chi connectivity index (χ1v) is 8.60. The zero-order chi connectivity index (χ0) is 14.6. The Morgan fingerprint density at radius 2 is 2.10 bits per heavy atom. The minimum absolute atomic E-state index is 0.309. The van der Waals surface area contributed by atoms with Gasteiger partial charge in [-0.2, -0.15) is 0 Å². The molecule has 1 heterocycles. The SMILES string of the molecule is CCNS(=O)(=O)c1ccccc1NC1CCNC(C)C1. The number of sulfonamides is 1. The molecule has 3 N–H and O–H groups in total. The van der Waals surface area contributed by atoms with E-state index in [0.29, 0.717) is 29.2 Å². The summed E-state index contributed by atoms with van der Waals surface area (Å²) in [4.78, 5) is 0.327. The van der Waals surface area contributed by atoms with Crippen LogP contribution in [0.3, 0.4) is 0 Å². The first-order chi connectivity index (χ1) is 9.53. The van der Waals surface area contributed by atoms with Crippen LogP contribution in [0.1, 0.15) is 26.7 Å². The maximum Gasteiger partial charge on any atom is 0.242 e. The molecule has 2 unspecified atom stereocenters. The molecule has 0 saturated carbocycles. The molecule has 0 aromatic heterocycles. The van der Waals surface area contributed by atoms with Crippen LogP contribution in [0.4, 0.5) is 5.69 Å². The highest BCUT2D eigenvalue weighted by Crippen LogP contribution is 2.23. The maximum absolute atomic E-state index is 12.2. The van der Waals surface area contributed by atoms with Crippen LogP contribution in [0.2, 0.25) is 0 Å². The van der Waals surface area contributed by atoms with Gasteiger partial charge in [0.25, 0.3) is 0 Å². The van der Waals surface area contributed by atoms with E-state index >= 15 is 0 Å². The van der Waals surface area contributed by atoms with Crippen LogP contribution in [-0.2, 0) is 10.0 Å². The van der Waals surface area contributed by atoms with E-state index in [4.69, 9.17) is 0 Å². The van der Waals surface area contributed by atoms with Crippen LogP contribution in [-0.4, -0.2) is 33.6 Å². The number of hydrogen-bond acceptors (Lipinski definition) is 4. The summed E-state index contributed by atoms with van der Waals surface area (Å²) in [7, 11) is -3.43. The van der Waals surface area contributed by atoms with Crippen LogP contribution in [0.5, 0.6) is 0 Å². The fourth-order valence-electron chi connectivity index (χ4n) is 2.57. The lowest BCUT2D eigenvalue weighted by molar-refractivity contribution is 0.396. The van der Waals surface area contributed by atoms with Gasteiger partial charge in [-0.1, -0.05) is 19.1 Å². The first-order valence-electron chi connectivity index (χ1n) is 7.11. The lowest BCUT2D eigenvalue weighted by atomic mass is 10.0. The number of nitrogens with one attached hydrogen (secondary N) is 3. The molecule has 0 radical (unpaired) electrons. The Morgan fingerprint density at radius 1 is 1.35 bits per heavy atom. The molecule has 0 spiro atoms. The fraction of sp³-hybridized carbons (Fsp3) is 0.571. The molecule has 1 aromatic carbocycles. The van der Waals surface area contributed by atoms with E-state index in [-0.39, 0.29) is 0 Å². The molecule has 0 bridgehead atoms. The number of hydrogen-bond donors (Lipinski definition) is 3. The van der Waals surface area contributed by atoms with Crippen molar-refractivity contribution in [1.82, 2.24) is 10.0 Å². The largest absolute Gasteiger partial charge is 0.381 e. The summed E-state index contributed by atoms with van der Waals surface area (Å²) < 4.78 is 26.9. The summed E-state index contributed by atoms with van der Waals surface area (Å²) in [5, 5.41) is 6.78. The quantitative estimate of drug-likeness (QED) is 0.771. The van der Waals surface area contributed by atoms with Gasteiger partial charge in [0.15, 0.2) is 0 Å². The summed E-state index contributed by atoms with van der Waals surface area (Å²) in [6.45, 7) is 5.28. The normalized spacial score (nSPS) is 23.5. The highest BCUT2D eigenvalue weighted by molar-refractivity contribution is 7.89. The summed E-state index contributed by atoms with van der Waals surface area (Å²) in [6, 6.07) is 7.85. The summed E-state index contributed by atoms with van der Waals surface area (Å²) in [5.74, 6) is 0. The second-order valence-corrected chi connectivity index (χ2v) is 6.95. The third kappa shape index (κ3) is 3.71. The van der Waals surface area contributed by atoms with Gasteiger partial charge in [-0.05, 0) is 38.4 Å². The second kappa shape index (κ2) is 6.56. The van der Waals surface area contributed by atoms with Crippen molar-refractivity contribution in [1.29, 1.82) is 0 Å². The first kappa shape index (κ1) is 15.3. The molecule has 1 aliphatic heterocycles. The predicted molar refractivity (Wildman–Crippen MR) is 81.4 cm³/mol. The minimum Gasteiger partial charge on any atom is -0.381 e. The highest BCUT2D eigenvalue weighted by Gasteiger charge is 2.22. The van der Waals surface area contributed by atoms with Crippen LogP contribution in [0, 0.1) is 0 Å². The molecule has 6 heteroatoms. The third-order valence-corrected chi connectivity index (χ3v) is 5.10. The van der Waals surface area contributed by atoms with E-state index in [1.807, 2.05) is 12.1 Å². The Balaban J connectivity index is 2.20. The van der Waals surface area contributed by atoms with Crippen molar-refractivity contribution in [2.24, 2.45) is 0 Å². The zero-order valence-corrected chi connectivity index (χ0v) is 12.8. The van der Waals surface area contributed by atoms with E-state index < -0.39 is 10.0 Å². The molecule has 5 nitrogen and oxygen atoms in total. The average Bonchev–Trinajstić information content (AvgIpc) is 2.39. The van der Waals surface area contributed by atoms with Crippen molar-refractivity contribution in [2.45, 2.75) is 43.7 Å². The van der Waals surface area contributed by atoms with Gasteiger partial charge in [0.05, 0.1) is 5.69 Å². The fourth-order valence-corrected chi connectivity index (χ4v) is 3.78. The standard InChI is InChI=1S/C14H23N3O2S/c1-3-16-20(18,19)14-7-5-4-6-13(14)17-12-8-9-15-11(2)10-12/h4-7,11-12,15-17H,3,8-10H2,1-2H3. The minimum atomic E-state index is -3.43. The van der Waals surface area contributed by atoms with Gasteiger partial charge in [-0.25, -0.2) is 13.1 Å². The molecule has 2 rings (SSSR count). The van der Waals surface area contributed by atoms with Crippen molar-refractivity contribution in [3.63, 3.8) is 0 Å². The molecular formula is C14H23N3O2S. The zero-order valence-electron chi connectivity index (χ0n) is 12.0. The van der Waals surface area contributed by atoms with E-state index in [9.17, 15) is 8.42 Å². The number of piperidine rings is 1. The summed E-state index contributed by atoms with van der Waals surface area (Å²) in [5.41, 5.74) is 0.688. The van der Waals surface area contributed by atoms with Gasteiger partial charge < -0.3 is 10.6 Å². The second-order valence-electron chi connectivity index (χ2n) is 5.22. The monoisotopic (exact) mass is 297 g/mol. The Kier molecular flexibility index (Phi) is 5.01. The number of rotatable bonds is 5. The molecule has 1 aliphatic rings. The Hall–Kier alpha value is -1.11. The summed E-state index contributed by atoms with van der Waals surface area (Å²) >= 11 is 0. The Bertz CT molecular complexity index is 545. The third-order valence-electron chi connectivity index (χ3n) is 3.49. The number of anilines is 1. The Morgan fingerprint density at radius 3 is 2.80 bits per heavy atom. The average molecular weight is 297 g/mol. The smallest absolute Gasteiger partial charge is 0.242 e. The van der Waals surface area contributed by atoms with E-state index in [2.05, 4.69) is 22.3 Å². The topological polar surface area (TPSA) is 70.2 Å². The maximum atomic E-state index is 12.2. The molecule has 1 saturated heterocycles. The molecule has 1 fully saturated rings. The van der Waals surface area contributed by atoms with Gasteiger partial charge in [0, 0.05) is 18.6 Å². The van der Waals surface area contributed by atoms with Crippen LogP contribution in [0.25, 0.3) is 0 Å². The van der Waals surface area contributed by atoms with E-state index in [1.165, 1.54) is 0 Å². The lowest BCUT2D eigenvalue weighted by Crippen LogP contribution is -2.41. The van der Waals surface area contributed by atoms with Crippen LogP contribution in [0.15, 0.2) is 29.2 Å². The molecule has 2 atom stereocenters. The highest BCUT2D eigenvalue weighted by atomic mass is 32.2. The lowest BCUT2D eigenvalue weighted by Gasteiger charge is -2.30. The predicted octanol–water partition coefficient (Wildman–Crippen LogP) is 1.54. The molecule has 1 aromatic rings. The van der Waals surface area contributed by atoms with Crippen molar-refractivity contribution < 1.29 is 8.42 Å². The van der Waals surface area contributed by atoms with Gasteiger partial charge in [-0.3, -0.25) is 0 Å². The molecule has 112 valence electrons. The Labute approximate surface area is 121 Å². The number of benzene rings is 1. The molecule has 20 heavy (non-hydrogen) atoms. The van der Waals surface area contributed by atoms with Crippen molar-refractivity contribution in [3.05, 3.63) is 24.3 Å². The molecule has 0 aliphatic carbocycles.